The highest BCUT2D eigenvalue weighted by Gasteiger charge is 2.26. The van der Waals surface area contributed by atoms with Crippen LogP contribution in [0.5, 0.6) is 5.75 Å². The monoisotopic (exact) mass is 257 g/mol. The van der Waals surface area contributed by atoms with Crippen molar-refractivity contribution in [3.8, 4) is 17.0 Å². The van der Waals surface area contributed by atoms with Gasteiger partial charge in [0.05, 0.1) is 18.5 Å². The summed E-state index contributed by atoms with van der Waals surface area (Å²) in [5, 5.41) is 0. The summed E-state index contributed by atoms with van der Waals surface area (Å²) in [6, 6.07) is 3.35. The van der Waals surface area contributed by atoms with Crippen LogP contribution in [0.25, 0.3) is 11.3 Å². The van der Waals surface area contributed by atoms with E-state index in [0.717, 1.165) is 24.2 Å². The second-order valence-corrected chi connectivity index (χ2v) is 4.63. The molecule has 5 heteroatoms. The highest BCUT2D eigenvalue weighted by molar-refractivity contribution is 5.59. The molecular formula is C14H15N3O2. The van der Waals surface area contributed by atoms with Gasteiger partial charge in [0.1, 0.15) is 11.6 Å². The molecular weight excluding hydrogens is 242 g/mol. The minimum absolute atomic E-state index is 0.117. The van der Waals surface area contributed by atoms with Crippen molar-refractivity contribution in [1.29, 1.82) is 0 Å². The lowest BCUT2D eigenvalue weighted by Gasteiger charge is -2.06. The van der Waals surface area contributed by atoms with E-state index >= 15 is 0 Å². The molecule has 2 heterocycles. The molecule has 0 atom stereocenters. The number of ether oxygens (including phenoxy) is 1. The summed E-state index contributed by atoms with van der Waals surface area (Å²) in [6.07, 6.45) is 5.55. The van der Waals surface area contributed by atoms with Crippen molar-refractivity contribution in [3.05, 3.63) is 40.7 Å². The first-order chi connectivity index (χ1) is 9.26. The maximum Gasteiger partial charge on any atom is 0.251 e. The Morgan fingerprint density at radius 1 is 1.37 bits per heavy atom. The van der Waals surface area contributed by atoms with Gasteiger partial charge in [-0.3, -0.25) is 9.78 Å². The SMILES string of the molecule is CCOc1cncc(-c2cc(=O)[nH]c(C3CC3)n2)c1. The van der Waals surface area contributed by atoms with E-state index in [2.05, 4.69) is 15.0 Å². The second-order valence-electron chi connectivity index (χ2n) is 4.63. The van der Waals surface area contributed by atoms with Crippen molar-refractivity contribution < 1.29 is 4.74 Å². The first-order valence-electron chi connectivity index (χ1n) is 6.45. The summed E-state index contributed by atoms with van der Waals surface area (Å²) in [5.74, 6) is 1.88. The molecule has 0 aromatic carbocycles. The molecule has 0 saturated heterocycles. The molecule has 2 aromatic heterocycles. The number of nitrogens with one attached hydrogen (secondary N) is 1. The van der Waals surface area contributed by atoms with E-state index in [1.165, 1.54) is 6.07 Å². The summed E-state index contributed by atoms with van der Waals surface area (Å²) < 4.78 is 5.41. The Labute approximate surface area is 110 Å². The van der Waals surface area contributed by atoms with Crippen LogP contribution in [0.15, 0.2) is 29.3 Å². The number of hydrogen-bond donors (Lipinski definition) is 1. The molecule has 3 rings (SSSR count). The Bertz CT molecular complexity index is 647. The molecule has 98 valence electrons. The second kappa shape index (κ2) is 4.84. The fourth-order valence-electron chi connectivity index (χ4n) is 1.98. The number of aromatic amines is 1. The van der Waals surface area contributed by atoms with E-state index in [9.17, 15) is 4.79 Å². The lowest BCUT2D eigenvalue weighted by Crippen LogP contribution is -2.10. The maximum absolute atomic E-state index is 11.7. The van der Waals surface area contributed by atoms with Crippen LogP contribution in [0, 0.1) is 0 Å². The van der Waals surface area contributed by atoms with Crippen LogP contribution in [0.1, 0.15) is 31.5 Å². The van der Waals surface area contributed by atoms with Gasteiger partial charge in [0, 0.05) is 23.7 Å². The van der Waals surface area contributed by atoms with Crippen LogP contribution in [0.3, 0.4) is 0 Å². The molecule has 0 amide bonds. The third-order valence-electron chi connectivity index (χ3n) is 3.04. The normalized spacial score (nSPS) is 14.4. The fraction of sp³-hybridized carbons (Fsp3) is 0.357. The van der Waals surface area contributed by atoms with Gasteiger partial charge in [0.2, 0.25) is 0 Å². The molecule has 5 nitrogen and oxygen atoms in total. The quantitative estimate of drug-likeness (QED) is 0.910. The zero-order valence-corrected chi connectivity index (χ0v) is 10.7. The zero-order valence-electron chi connectivity index (χ0n) is 10.7. The maximum atomic E-state index is 11.7. The molecule has 1 aliphatic rings. The number of nitrogens with zero attached hydrogens (tertiary/aromatic N) is 2. The molecule has 1 aliphatic carbocycles. The number of pyridine rings is 1. The summed E-state index contributed by atoms with van der Waals surface area (Å²) in [5.41, 5.74) is 1.34. The Hall–Kier alpha value is -2.17. The lowest BCUT2D eigenvalue weighted by molar-refractivity contribution is 0.339. The summed E-state index contributed by atoms with van der Waals surface area (Å²) >= 11 is 0. The standard InChI is InChI=1S/C14H15N3O2/c1-2-19-11-5-10(7-15-8-11)12-6-13(18)17-14(16-12)9-3-4-9/h5-9H,2-4H2,1H3,(H,16,17,18). The summed E-state index contributed by atoms with van der Waals surface area (Å²) in [4.78, 5) is 23.1. The van der Waals surface area contributed by atoms with E-state index in [-0.39, 0.29) is 5.56 Å². The van der Waals surface area contributed by atoms with Gasteiger partial charge < -0.3 is 9.72 Å². The smallest absolute Gasteiger partial charge is 0.251 e. The Balaban J connectivity index is 2.00. The topological polar surface area (TPSA) is 67.9 Å². The molecule has 1 N–H and O–H groups in total. The van der Waals surface area contributed by atoms with Crippen molar-refractivity contribution in [2.75, 3.05) is 6.61 Å². The Kier molecular flexibility index (Phi) is 3.03. The highest BCUT2D eigenvalue weighted by atomic mass is 16.5. The first kappa shape index (κ1) is 11.9. The van der Waals surface area contributed by atoms with Crippen LogP contribution in [-0.2, 0) is 0 Å². The van der Waals surface area contributed by atoms with Gasteiger partial charge in [0.25, 0.3) is 5.56 Å². The van der Waals surface area contributed by atoms with E-state index in [1.54, 1.807) is 12.4 Å². The molecule has 2 aromatic rings. The van der Waals surface area contributed by atoms with E-state index in [4.69, 9.17) is 4.74 Å². The van der Waals surface area contributed by atoms with Gasteiger partial charge in [-0.05, 0) is 25.8 Å². The van der Waals surface area contributed by atoms with Gasteiger partial charge in [0.15, 0.2) is 0 Å². The average molecular weight is 257 g/mol. The van der Waals surface area contributed by atoms with E-state index in [0.29, 0.717) is 24.0 Å². The third-order valence-corrected chi connectivity index (χ3v) is 3.04. The minimum Gasteiger partial charge on any atom is -0.492 e. The van der Waals surface area contributed by atoms with Gasteiger partial charge in [-0.1, -0.05) is 0 Å². The van der Waals surface area contributed by atoms with Crippen molar-refractivity contribution in [3.63, 3.8) is 0 Å². The molecule has 0 spiro atoms. The van der Waals surface area contributed by atoms with Gasteiger partial charge in [-0.25, -0.2) is 4.98 Å². The predicted molar refractivity (Wildman–Crippen MR) is 71.2 cm³/mol. The molecule has 0 radical (unpaired) electrons. The Morgan fingerprint density at radius 2 is 2.21 bits per heavy atom. The first-order valence-corrected chi connectivity index (χ1v) is 6.45. The van der Waals surface area contributed by atoms with Crippen molar-refractivity contribution in [2.24, 2.45) is 0 Å². The molecule has 0 bridgehead atoms. The van der Waals surface area contributed by atoms with Crippen molar-refractivity contribution in [2.45, 2.75) is 25.7 Å². The van der Waals surface area contributed by atoms with Crippen molar-refractivity contribution >= 4 is 0 Å². The van der Waals surface area contributed by atoms with Gasteiger partial charge in [-0.15, -0.1) is 0 Å². The fourth-order valence-corrected chi connectivity index (χ4v) is 1.98. The largest absolute Gasteiger partial charge is 0.492 e. The van der Waals surface area contributed by atoms with Crippen LogP contribution in [0.4, 0.5) is 0 Å². The van der Waals surface area contributed by atoms with Crippen molar-refractivity contribution in [1.82, 2.24) is 15.0 Å². The number of rotatable bonds is 4. The number of hydrogen-bond acceptors (Lipinski definition) is 4. The van der Waals surface area contributed by atoms with Crippen LogP contribution < -0.4 is 10.3 Å². The Morgan fingerprint density at radius 3 is 2.95 bits per heavy atom. The summed E-state index contributed by atoms with van der Waals surface area (Å²) in [7, 11) is 0. The average Bonchev–Trinajstić information content (AvgIpc) is 3.23. The van der Waals surface area contributed by atoms with E-state index < -0.39 is 0 Å². The molecule has 1 saturated carbocycles. The summed E-state index contributed by atoms with van der Waals surface area (Å²) in [6.45, 7) is 2.50. The van der Waals surface area contributed by atoms with Crippen LogP contribution >= 0.6 is 0 Å². The molecule has 1 fully saturated rings. The van der Waals surface area contributed by atoms with Gasteiger partial charge in [-0.2, -0.15) is 0 Å². The van der Waals surface area contributed by atoms with Crippen LogP contribution in [-0.4, -0.2) is 21.6 Å². The molecule has 0 aliphatic heterocycles. The molecule has 19 heavy (non-hydrogen) atoms. The zero-order chi connectivity index (χ0) is 13.2. The van der Waals surface area contributed by atoms with E-state index in [1.807, 2.05) is 13.0 Å². The predicted octanol–water partition coefficient (Wildman–Crippen LogP) is 2.11. The molecule has 0 unspecified atom stereocenters. The van der Waals surface area contributed by atoms with Gasteiger partial charge >= 0.3 is 0 Å². The number of aromatic nitrogens is 3. The highest BCUT2D eigenvalue weighted by Crippen LogP contribution is 2.38. The minimum atomic E-state index is -0.117. The lowest BCUT2D eigenvalue weighted by atomic mass is 10.2. The van der Waals surface area contributed by atoms with Crippen LogP contribution in [0.2, 0.25) is 0 Å². The third kappa shape index (κ3) is 2.65. The number of H-pyrrole nitrogens is 1.